The fourth-order valence-electron chi connectivity index (χ4n) is 7.82. The molecule has 0 aromatic heterocycles. The molecule has 5 rings (SSSR count). The van der Waals surface area contributed by atoms with Crippen LogP contribution in [0.1, 0.15) is 57.1 Å². The molecule has 4 aliphatic rings. The van der Waals surface area contributed by atoms with Crippen molar-refractivity contribution in [3.05, 3.63) is 53.1 Å². The molecule has 3 fully saturated rings. The predicted octanol–water partition coefficient (Wildman–Crippen LogP) is 5.70. The van der Waals surface area contributed by atoms with Crippen LogP contribution in [0.5, 0.6) is 0 Å². The maximum atomic E-state index is 13.5. The predicted molar refractivity (Wildman–Crippen MR) is 121 cm³/mol. The van der Waals surface area contributed by atoms with Crippen molar-refractivity contribution in [3.63, 3.8) is 0 Å². The highest BCUT2D eigenvalue weighted by Gasteiger charge is 2.61. The highest BCUT2D eigenvalue weighted by Crippen LogP contribution is 2.65. The van der Waals surface area contributed by atoms with E-state index in [1.54, 1.807) is 18.2 Å². The van der Waals surface area contributed by atoms with E-state index in [0.717, 1.165) is 37.3 Å². The first-order chi connectivity index (χ1) is 15.5. The molecule has 1 aromatic carbocycles. The number of hydrogen-bond donors (Lipinski definition) is 1. The van der Waals surface area contributed by atoms with Crippen LogP contribution in [0.4, 0.5) is 13.2 Å². The molecule has 0 bridgehead atoms. The number of aliphatic hydroxyl groups excluding tert-OH is 1. The number of fused-ring (bicyclic) bond motifs is 5. The second kappa shape index (κ2) is 7.46. The van der Waals surface area contributed by atoms with Crippen LogP contribution in [0.15, 0.2) is 42.0 Å². The zero-order valence-corrected chi connectivity index (χ0v) is 19.4. The Kier molecular flexibility index (Phi) is 5.13. The van der Waals surface area contributed by atoms with E-state index in [0.29, 0.717) is 18.3 Å². The molecule has 178 valence electrons. The standard InChI is InChI=1S/C27H32F3NO2/c1-25-13-11-23(32)31(3)22(25)9-8-18-20(25)10-12-26(2)21(18)15-17(24(26)33)14-16-6-4-5-7-19(16)27(28,29)30/h4-7,11,13-14,18,20-22,24,33H,8-10,12,15H2,1-3H3/t18-,20+,21+,22-,24+,25-,26+/m1/s1. The molecule has 3 saturated carbocycles. The van der Waals surface area contributed by atoms with Crippen molar-refractivity contribution in [2.75, 3.05) is 7.05 Å². The molecule has 1 aliphatic heterocycles. The molecule has 33 heavy (non-hydrogen) atoms. The van der Waals surface area contributed by atoms with Gasteiger partial charge in [-0.15, -0.1) is 0 Å². The van der Waals surface area contributed by atoms with Crippen LogP contribution >= 0.6 is 0 Å². The number of halogens is 3. The molecule has 1 amide bonds. The Bertz CT molecular complexity index is 1030. The summed E-state index contributed by atoms with van der Waals surface area (Å²) in [5.74, 6) is 1.07. The van der Waals surface area contributed by atoms with Crippen molar-refractivity contribution < 1.29 is 23.1 Å². The summed E-state index contributed by atoms with van der Waals surface area (Å²) in [7, 11) is 1.89. The molecule has 1 heterocycles. The van der Waals surface area contributed by atoms with Gasteiger partial charge < -0.3 is 10.0 Å². The lowest BCUT2D eigenvalue weighted by Crippen LogP contribution is -2.59. The molecule has 0 unspecified atom stereocenters. The molecular weight excluding hydrogens is 427 g/mol. The first kappa shape index (κ1) is 22.7. The van der Waals surface area contributed by atoms with Gasteiger partial charge >= 0.3 is 6.18 Å². The number of rotatable bonds is 1. The lowest BCUT2D eigenvalue weighted by molar-refractivity contribution is -0.140. The summed E-state index contributed by atoms with van der Waals surface area (Å²) in [6, 6.07) is 5.79. The average Bonchev–Trinajstić information content (AvgIpc) is 3.01. The van der Waals surface area contributed by atoms with Gasteiger partial charge in [-0.2, -0.15) is 13.2 Å². The summed E-state index contributed by atoms with van der Waals surface area (Å²) >= 11 is 0. The van der Waals surface area contributed by atoms with Crippen molar-refractivity contribution in [2.45, 2.75) is 64.3 Å². The van der Waals surface area contributed by atoms with Gasteiger partial charge in [-0.3, -0.25) is 4.79 Å². The first-order valence-electron chi connectivity index (χ1n) is 12.0. The zero-order valence-electron chi connectivity index (χ0n) is 19.4. The number of carbonyl (C=O) groups is 1. The van der Waals surface area contributed by atoms with E-state index in [9.17, 15) is 23.1 Å². The Labute approximate surface area is 193 Å². The Morgan fingerprint density at radius 1 is 1.12 bits per heavy atom. The van der Waals surface area contributed by atoms with Gasteiger partial charge in [0.1, 0.15) is 0 Å². The number of carbonyl (C=O) groups excluding carboxylic acids is 1. The summed E-state index contributed by atoms with van der Waals surface area (Å²) < 4.78 is 40.6. The van der Waals surface area contributed by atoms with Gasteiger partial charge in [0.15, 0.2) is 0 Å². The fraction of sp³-hybridized carbons (Fsp3) is 0.593. The minimum Gasteiger partial charge on any atom is -0.388 e. The monoisotopic (exact) mass is 459 g/mol. The molecule has 3 aliphatic carbocycles. The van der Waals surface area contributed by atoms with Crippen molar-refractivity contribution in [2.24, 2.45) is 28.6 Å². The summed E-state index contributed by atoms with van der Waals surface area (Å²) in [5, 5.41) is 11.3. The van der Waals surface area contributed by atoms with Crippen LogP contribution in [-0.4, -0.2) is 35.1 Å². The molecule has 3 nitrogen and oxygen atoms in total. The van der Waals surface area contributed by atoms with E-state index < -0.39 is 17.8 Å². The van der Waals surface area contributed by atoms with E-state index in [1.165, 1.54) is 12.1 Å². The number of amides is 1. The number of alkyl halides is 3. The van der Waals surface area contributed by atoms with Gasteiger partial charge in [-0.1, -0.05) is 44.2 Å². The second-order valence-electron chi connectivity index (χ2n) is 11.1. The molecule has 0 saturated heterocycles. The summed E-state index contributed by atoms with van der Waals surface area (Å²) in [4.78, 5) is 14.1. The summed E-state index contributed by atoms with van der Waals surface area (Å²) in [6.07, 6.45) is 4.57. The minimum absolute atomic E-state index is 0.0569. The summed E-state index contributed by atoms with van der Waals surface area (Å²) in [5.41, 5.74) is -0.241. The van der Waals surface area contributed by atoms with Crippen LogP contribution in [0, 0.1) is 28.6 Å². The van der Waals surface area contributed by atoms with Crippen LogP contribution in [0.3, 0.4) is 0 Å². The van der Waals surface area contributed by atoms with E-state index in [1.807, 2.05) is 11.9 Å². The van der Waals surface area contributed by atoms with Crippen LogP contribution in [-0.2, 0) is 11.0 Å². The minimum atomic E-state index is -4.43. The molecule has 1 N–H and O–H groups in total. The van der Waals surface area contributed by atoms with Gasteiger partial charge in [0.05, 0.1) is 11.7 Å². The molecule has 6 heteroatoms. The number of aliphatic hydroxyl groups is 1. The topological polar surface area (TPSA) is 40.5 Å². The van der Waals surface area contributed by atoms with Crippen molar-refractivity contribution in [3.8, 4) is 0 Å². The van der Waals surface area contributed by atoms with Crippen LogP contribution in [0.25, 0.3) is 6.08 Å². The SMILES string of the molecule is CN1C(=O)C=C[C@]2(C)[C@H]3CC[C@]4(C)[C@@H](O)C(=Cc5ccccc5C(F)(F)F)C[C@H]4[C@@H]3CC[C@@H]12. The maximum Gasteiger partial charge on any atom is 0.416 e. The Balaban J connectivity index is 1.49. The zero-order chi connectivity index (χ0) is 23.8. The van der Waals surface area contributed by atoms with Gasteiger partial charge in [-0.25, -0.2) is 0 Å². The van der Waals surface area contributed by atoms with Crippen LogP contribution < -0.4 is 0 Å². The number of likely N-dealkylation sites (N-methyl/N-ethyl adjacent to an activating group) is 1. The number of hydrogen-bond acceptors (Lipinski definition) is 2. The largest absolute Gasteiger partial charge is 0.416 e. The third-order valence-corrected chi connectivity index (χ3v) is 9.60. The Morgan fingerprint density at radius 3 is 2.58 bits per heavy atom. The van der Waals surface area contributed by atoms with Gasteiger partial charge in [-0.05, 0) is 73.1 Å². The smallest absolute Gasteiger partial charge is 0.388 e. The van der Waals surface area contributed by atoms with E-state index >= 15 is 0 Å². The highest BCUT2D eigenvalue weighted by atomic mass is 19.4. The van der Waals surface area contributed by atoms with Crippen molar-refractivity contribution >= 4 is 12.0 Å². The molecular formula is C27H32F3NO2. The van der Waals surface area contributed by atoms with Crippen molar-refractivity contribution in [1.29, 1.82) is 0 Å². The second-order valence-corrected chi connectivity index (χ2v) is 11.1. The quantitative estimate of drug-likeness (QED) is 0.585. The Hall–Kier alpha value is -2.08. The van der Waals surface area contributed by atoms with Crippen molar-refractivity contribution in [1.82, 2.24) is 4.90 Å². The lowest BCUT2D eigenvalue weighted by atomic mass is 9.48. The third-order valence-electron chi connectivity index (χ3n) is 9.60. The van der Waals surface area contributed by atoms with Gasteiger partial charge in [0.25, 0.3) is 0 Å². The molecule has 0 radical (unpaired) electrons. The van der Waals surface area contributed by atoms with E-state index in [-0.39, 0.29) is 34.3 Å². The first-order valence-corrected chi connectivity index (χ1v) is 12.0. The lowest BCUT2D eigenvalue weighted by Gasteiger charge is -2.59. The Morgan fingerprint density at radius 2 is 1.85 bits per heavy atom. The highest BCUT2D eigenvalue weighted by molar-refractivity contribution is 5.89. The average molecular weight is 460 g/mol. The maximum absolute atomic E-state index is 13.5. The number of nitrogens with zero attached hydrogens (tertiary/aromatic N) is 1. The van der Waals surface area contributed by atoms with Crippen LogP contribution in [0.2, 0.25) is 0 Å². The molecule has 0 spiro atoms. The molecule has 1 aromatic rings. The molecule has 7 atom stereocenters. The van der Waals surface area contributed by atoms with E-state index in [4.69, 9.17) is 0 Å². The third kappa shape index (κ3) is 3.31. The fourth-order valence-corrected chi connectivity index (χ4v) is 7.82. The van der Waals surface area contributed by atoms with Gasteiger partial charge in [0.2, 0.25) is 5.91 Å². The number of benzene rings is 1. The summed E-state index contributed by atoms with van der Waals surface area (Å²) in [6.45, 7) is 4.38. The van der Waals surface area contributed by atoms with Gasteiger partial charge in [0, 0.05) is 23.9 Å². The normalized spacial score (nSPS) is 41.7. The van der Waals surface area contributed by atoms with E-state index in [2.05, 4.69) is 19.9 Å².